The van der Waals surface area contributed by atoms with Crippen LogP contribution in [-0.4, -0.2) is 60.2 Å². The molecule has 10 nitrogen and oxygen atoms in total. The number of hydrogen-bond donors (Lipinski definition) is 2. The van der Waals surface area contributed by atoms with Crippen molar-refractivity contribution in [3.05, 3.63) is 118 Å². The quantitative estimate of drug-likeness (QED) is 0.246. The molecule has 3 heterocycles. The molecule has 244 valence electrons. The summed E-state index contributed by atoms with van der Waals surface area (Å²) in [6.07, 6.45) is 0.984. The van der Waals surface area contributed by atoms with Gasteiger partial charge in [0.2, 0.25) is 0 Å². The Bertz CT molecular complexity index is 1840. The standard InChI is InChI=1S/C36H38N4O6S/c1-45-29-16-27(17-30(19-29)46-2)36(43)38-31-18-26(35(42)37-13-14-47(44)23-24-7-4-3-5-8-24)11-12-33(31)39-20-25-15-28(22-39)32-9-6-10-34(41)40(32)21-25/h3-12,16-19,25,28H,13-15,20-23H2,1-2H3,(H,37,42)(H,38,43). The van der Waals surface area contributed by atoms with Gasteiger partial charge in [-0.1, -0.05) is 36.4 Å². The van der Waals surface area contributed by atoms with Crippen molar-refractivity contribution in [2.24, 2.45) is 5.92 Å². The summed E-state index contributed by atoms with van der Waals surface area (Å²) in [5.41, 5.74) is 4.01. The largest absolute Gasteiger partial charge is 0.497 e. The highest BCUT2D eigenvalue weighted by Crippen LogP contribution is 2.39. The molecule has 0 radical (unpaired) electrons. The van der Waals surface area contributed by atoms with Crippen molar-refractivity contribution in [3.63, 3.8) is 0 Å². The molecule has 1 saturated heterocycles. The van der Waals surface area contributed by atoms with Gasteiger partial charge in [0.1, 0.15) is 11.5 Å². The lowest BCUT2D eigenvalue weighted by Crippen LogP contribution is -2.47. The molecule has 2 N–H and O–H groups in total. The van der Waals surface area contributed by atoms with Gasteiger partial charge in [-0.15, -0.1) is 0 Å². The van der Waals surface area contributed by atoms with E-state index in [4.69, 9.17) is 9.47 Å². The summed E-state index contributed by atoms with van der Waals surface area (Å²) in [7, 11) is 1.91. The summed E-state index contributed by atoms with van der Waals surface area (Å²) in [6, 6.07) is 25.3. The lowest BCUT2D eigenvalue weighted by molar-refractivity contribution is 0.0954. The highest BCUT2D eigenvalue weighted by atomic mass is 32.2. The molecule has 0 saturated carbocycles. The van der Waals surface area contributed by atoms with E-state index < -0.39 is 10.8 Å². The molecule has 3 atom stereocenters. The minimum Gasteiger partial charge on any atom is -0.497 e. The van der Waals surface area contributed by atoms with Crippen molar-refractivity contribution >= 4 is 34.0 Å². The molecule has 4 aromatic rings. The van der Waals surface area contributed by atoms with E-state index in [1.165, 1.54) is 14.2 Å². The normalized spacial score (nSPS) is 17.3. The van der Waals surface area contributed by atoms with Crippen LogP contribution in [0.3, 0.4) is 0 Å². The van der Waals surface area contributed by atoms with E-state index >= 15 is 0 Å². The molecular formula is C36H38N4O6S. The molecule has 2 aliphatic rings. The van der Waals surface area contributed by atoms with Crippen molar-refractivity contribution in [1.29, 1.82) is 0 Å². The number of pyridine rings is 1. The number of nitrogens with zero attached hydrogens (tertiary/aromatic N) is 2. The Morgan fingerprint density at radius 2 is 1.62 bits per heavy atom. The number of ether oxygens (including phenoxy) is 2. The first-order valence-corrected chi connectivity index (χ1v) is 17.1. The second kappa shape index (κ2) is 14.3. The smallest absolute Gasteiger partial charge is 0.255 e. The van der Waals surface area contributed by atoms with Crippen LogP contribution in [0, 0.1) is 5.92 Å². The molecule has 47 heavy (non-hydrogen) atoms. The first-order valence-electron chi connectivity index (χ1n) is 15.6. The number of nitrogens with one attached hydrogen (secondary N) is 2. The number of carbonyl (C=O) groups is 2. The van der Waals surface area contributed by atoms with Gasteiger partial charge in [-0.25, -0.2) is 0 Å². The molecule has 3 aromatic carbocycles. The van der Waals surface area contributed by atoms with E-state index in [0.29, 0.717) is 59.5 Å². The molecule has 1 fully saturated rings. The summed E-state index contributed by atoms with van der Waals surface area (Å²) in [5.74, 6) is 1.40. The number of benzene rings is 3. The number of hydrogen-bond acceptors (Lipinski definition) is 7. The highest BCUT2D eigenvalue weighted by Gasteiger charge is 2.35. The summed E-state index contributed by atoms with van der Waals surface area (Å²) in [4.78, 5) is 41.7. The van der Waals surface area contributed by atoms with E-state index in [2.05, 4.69) is 15.5 Å². The molecule has 3 unspecified atom stereocenters. The number of methoxy groups -OCH3 is 2. The van der Waals surface area contributed by atoms with E-state index in [-0.39, 0.29) is 35.8 Å². The number of fused-ring (bicyclic) bond motifs is 4. The van der Waals surface area contributed by atoms with Crippen LogP contribution in [0.25, 0.3) is 0 Å². The summed E-state index contributed by atoms with van der Waals surface area (Å²) in [6.45, 7) is 2.25. The van der Waals surface area contributed by atoms with Crippen LogP contribution in [0.4, 0.5) is 11.4 Å². The maximum atomic E-state index is 13.6. The molecule has 1 aromatic heterocycles. The van der Waals surface area contributed by atoms with Crippen LogP contribution in [0.5, 0.6) is 11.5 Å². The first-order chi connectivity index (χ1) is 22.8. The first kappa shape index (κ1) is 32.1. The number of carbonyl (C=O) groups excluding carboxylic acids is 2. The lowest BCUT2D eigenvalue weighted by atomic mass is 9.83. The fraction of sp³-hybridized carbons (Fsp3) is 0.306. The third kappa shape index (κ3) is 7.41. The lowest BCUT2D eigenvalue weighted by Gasteiger charge is -2.44. The Morgan fingerprint density at radius 3 is 2.36 bits per heavy atom. The molecule has 2 amide bonds. The molecule has 0 aliphatic carbocycles. The highest BCUT2D eigenvalue weighted by molar-refractivity contribution is 7.84. The zero-order chi connectivity index (χ0) is 32.9. The van der Waals surface area contributed by atoms with Crippen LogP contribution in [0.2, 0.25) is 0 Å². The summed E-state index contributed by atoms with van der Waals surface area (Å²) >= 11 is 0. The minimum atomic E-state index is -1.13. The summed E-state index contributed by atoms with van der Waals surface area (Å²) in [5, 5.41) is 5.92. The molecule has 11 heteroatoms. The number of anilines is 2. The monoisotopic (exact) mass is 654 g/mol. The fourth-order valence-corrected chi connectivity index (χ4v) is 7.53. The van der Waals surface area contributed by atoms with Crippen molar-refractivity contribution < 1.29 is 23.3 Å². The molecular weight excluding hydrogens is 616 g/mol. The van der Waals surface area contributed by atoms with E-state index in [0.717, 1.165) is 23.4 Å². The SMILES string of the molecule is COc1cc(OC)cc(C(=O)Nc2cc(C(=O)NCCS(=O)Cc3ccccc3)ccc2N2CC3CC(C2)c2cccc(=O)n2C3)c1. The second-order valence-corrected chi connectivity index (χ2v) is 13.5. The van der Waals surface area contributed by atoms with Crippen molar-refractivity contribution in [1.82, 2.24) is 9.88 Å². The van der Waals surface area contributed by atoms with Gasteiger partial charge in [-0.05, 0) is 54.3 Å². The zero-order valence-electron chi connectivity index (χ0n) is 26.4. The van der Waals surface area contributed by atoms with Crippen molar-refractivity contribution in [3.8, 4) is 11.5 Å². The fourth-order valence-electron chi connectivity index (χ4n) is 6.49. The van der Waals surface area contributed by atoms with E-state index in [1.807, 2.05) is 53.1 Å². The van der Waals surface area contributed by atoms with Crippen LogP contribution in [0.15, 0.2) is 89.7 Å². The van der Waals surface area contributed by atoms with Crippen LogP contribution in [-0.2, 0) is 23.1 Å². The average molecular weight is 655 g/mol. The Hall–Kier alpha value is -4.90. The van der Waals surface area contributed by atoms with Gasteiger partial charge in [0.15, 0.2) is 0 Å². The minimum absolute atomic E-state index is 0.0200. The van der Waals surface area contributed by atoms with Crippen LogP contribution < -0.4 is 30.6 Å². The van der Waals surface area contributed by atoms with Gasteiger partial charge in [-0.2, -0.15) is 0 Å². The second-order valence-electron chi connectivity index (χ2n) is 11.9. The third-order valence-corrected chi connectivity index (χ3v) is 10.0. The van der Waals surface area contributed by atoms with Gasteiger partial charge >= 0.3 is 0 Å². The van der Waals surface area contributed by atoms with Gasteiger partial charge in [-0.3, -0.25) is 18.6 Å². The Labute approximate surface area is 276 Å². The zero-order valence-corrected chi connectivity index (χ0v) is 27.3. The molecule has 2 bridgehead atoms. The average Bonchev–Trinajstić information content (AvgIpc) is 3.08. The van der Waals surface area contributed by atoms with Gasteiger partial charge < -0.3 is 29.6 Å². The molecule has 0 spiro atoms. The topological polar surface area (TPSA) is 119 Å². The molecule has 2 aliphatic heterocycles. The van der Waals surface area contributed by atoms with Crippen LogP contribution >= 0.6 is 0 Å². The van der Waals surface area contributed by atoms with Gasteiger partial charge in [0.25, 0.3) is 17.4 Å². The van der Waals surface area contributed by atoms with Gasteiger partial charge in [0, 0.05) is 83.4 Å². The summed E-state index contributed by atoms with van der Waals surface area (Å²) < 4.78 is 25.2. The number of aromatic nitrogens is 1. The van der Waals surface area contributed by atoms with E-state index in [9.17, 15) is 18.6 Å². The number of rotatable bonds is 11. The Morgan fingerprint density at radius 1 is 0.851 bits per heavy atom. The predicted molar refractivity (Wildman–Crippen MR) is 183 cm³/mol. The third-order valence-electron chi connectivity index (χ3n) is 8.73. The van der Waals surface area contributed by atoms with Crippen molar-refractivity contribution in [2.75, 3.05) is 49.8 Å². The maximum absolute atomic E-state index is 13.6. The Balaban J connectivity index is 1.24. The predicted octanol–water partition coefficient (Wildman–Crippen LogP) is 4.42. The Kier molecular flexibility index (Phi) is 9.72. The number of amides is 2. The molecule has 6 rings (SSSR count). The van der Waals surface area contributed by atoms with Gasteiger partial charge in [0.05, 0.1) is 25.6 Å². The number of piperidine rings is 1. The van der Waals surface area contributed by atoms with E-state index in [1.54, 1.807) is 36.4 Å². The maximum Gasteiger partial charge on any atom is 0.255 e. The van der Waals surface area contributed by atoms with Crippen molar-refractivity contribution in [2.45, 2.75) is 24.6 Å². The van der Waals surface area contributed by atoms with Crippen LogP contribution in [0.1, 0.15) is 44.3 Å².